The largest absolute Gasteiger partial charge is 0.311 e. The molecule has 1 rings (SSSR count). The first-order valence-electron chi connectivity index (χ1n) is 6.66. The Morgan fingerprint density at radius 3 is 2.65 bits per heavy atom. The maximum absolute atomic E-state index is 11.4. The molecule has 0 aromatic carbocycles. The molecule has 0 aromatic rings. The lowest BCUT2D eigenvalue weighted by Gasteiger charge is -2.38. The fraction of sp³-hybridized carbons (Fsp3) is 1.00. The molecule has 0 radical (unpaired) electrons. The van der Waals surface area contributed by atoms with Gasteiger partial charge >= 0.3 is 0 Å². The number of hydrogen-bond acceptors (Lipinski definition) is 4. The molecule has 5 heteroatoms. The molecule has 2 unspecified atom stereocenters. The third kappa shape index (κ3) is 4.94. The van der Waals surface area contributed by atoms with Crippen molar-refractivity contribution in [1.29, 1.82) is 0 Å². The Kier molecular flexibility index (Phi) is 5.89. The standard InChI is InChI=1S/C12H26N2O2S/c1-4-12-10-14(11(3)9-13-12)7-6-8-17(15,16)5-2/h11-13H,4-10H2,1-3H3. The zero-order valence-electron chi connectivity index (χ0n) is 11.3. The van der Waals surface area contributed by atoms with Crippen molar-refractivity contribution >= 4 is 9.84 Å². The van der Waals surface area contributed by atoms with E-state index < -0.39 is 9.84 Å². The van der Waals surface area contributed by atoms with Gasteiger partial charge in [0.1, 0.15) is 9.84 Å². The van der Waals surface area contributed by atoms with Crippen LogP contribution in [0.5, 0.6) is 0 Å². The molecule has 17 heavy (non-hydrogen) atoms. The minimum absolute atomic E-state index is 0.266. The Bertz CT molecular complexity index is 316. The summed E-state index contributed by atoms with van der Waals surface area (Å²) in [5.41, 5.74) is 0. The van der Waals surface area contributed by atoms with Gasteiger partial charge in [0.15, 0.2) is 0 Å². The van der Waals surface area contributed by atoms with Crippen molar-refractivity contribution in [2.45, 2.75) is 45.7 Å². The first-order valence-corrected chi connectivity index (χ1v) is 8.48. The van der Waals surface area contributed by atoms with Gasteiger partial charge in [-0.05, 0) is 26.3 Å². The molecular formula is C12H26N2O2S. The second kappa shape index (κ2) is 6.71. The predicted octanol–water partition coefficient (Wildman–Crippen LogP) is 0.884. The van der Waals surface area contributed by atoms with E-state index in [1.54, 1.807) is 6.92 Å². The molecule has 0 aliphatic carbocycles. The highest BCUT2D eigenvalue weighted by molar-refractivity contribution is 7.91. The lowest BCUT2D eigenvalue weighted by Crippen LogP contribution is -2.55. The normalized spacial score (nSPS) is 27.2. The maximum Gasteiger partial charge on any atom is 0.150 e. The fourth-order valence-corrected chi connectivity index (χ4v) is 3.07. The molecule has 1 fully saturated rings. The van der Waals surface area contributed by atoms with Crippen molar-refractivity contribution in [3.8, 4) is 0 Å². The molecule has 0 bridgehead atoms. The van der Waals surface area contributed by atoms with Crippen molar-refractivity contribution in [2.24, 2.45) is 0 Å². The van der Waals surface area contributed by atoms with Gasteiger partial charge in [0.05, 0.1) is 5.75 Å². The van der Waals surface area contributed by atoms with E-state index in [1.165, 1.54) is 0 Å². The molecule has 1 aliphatic heterocycles. The number of nitrogens with one attached hydrogen (secondary N) is 1. The van der Waals surface area contributed by atoms with Crippen LogP contribution in [-0.4, -0.2) is 56.5 Å². The van der Waals surface area contributed by atoms with Crippen molar-refractivity contribution in [3.63, 3.8) is 0 Å². The van der Waals surface area contributed by atoms with Crippen LogP contribution in [0.15, 0.2) is 0 Å². The van der Waals surface area contributed by atoms with Crippen LogP contribution in [0.25, 0.3) is 0 Å². The summed E-state index contributed by atoms with van der Waals surface area (Å²) < 4.78 is 22.8. The Morgan fingerprint density at radius 1 is 1.35 bits per heavy atom. The van der Waals surface area contributed by atoms with Crippen molar-refractivity contribution in [1.82, 2.24) is 10.2 Å². The second-order valence-electron chi connectivity index (χ2n) is 4.95. The van der Waals surface area contributed by atoms with Crippen LogP contribution < -0.4 is 5.32 Å². The Balaban J connectivity index is 2.34. The van der Waals surface area contributed by atoms with Crippen LogP contribution in [0.2, 0.25) is 0 Å². The van der Waals surface area contributed by atoms with Crippen molar-refractivity contribution in [2.75, 3.05) is 31.1 Å². The van der Waals surface area contributed by atoms with Gasteiger partial charge in [0.2, 0.25) is 0 Å². The van der Waals surface area contributed by atoms with Crippen LogP contribution in [0, 0.1) is 0 Å². The lowest BCUT2D eigenvalue weighted by molar-refractivity contribution is 0.139. The molecular weight excluding hydrogens is 236 g/mol. The third-order valence-electron chi connectivity index (χ3n) is 3.61. The minimum atomic E-state index is -2.80. The molecule has 1 saturated heterocycles. The molecule has 0 amide bonds. The van der Waals surface area contributed by atoms with E-state index in [0.29, 0.717) is 17.8 Å². The zero-order chi connectivity index (χ0) is 12.9. The van der Waals surface area contributed by atoms with E-state index in [4.69, 9.17) is 0 Å². The Hall–Kier alpha value is -0.130. The average molecular weight is 262 g/mol. The molecule has 0 spiro atoms. The summed E-state index contributed by atoms with van der Waals surface area (Å²) in [6.07, 6.45) is 1.90. The van der Waals surface area contributed by atoms with Gasteiger partial charge in [-0.1, -0.05) is 13.8 Å². The molecule has 1 aliphatic rings. The monoisotopic (exact) mass is 262 g/mol. The van der Waals surface area contributed by atoms with Gasteiger partial charge < -0.3 is 5.32 Å². The number of piperazine rings is 1. The number of rotatable bonds is 6. The fourth-order valence-electron chi connectivity index (χ4n) is 2.21. The molecule has 1 N–H and O–H groups in total. The maximum atomic E-state index is 11.4. The van der Waals surface area contributed by atoms with Crippen LogP contribution >= 0.6 is 0 Å². The van der Waals surface area contributed by atoms with E-state index in [1.807, 2.05) is 0 Å². The molecule has 4 nitrogen and oxygen atoms in total. The zero-order valence-corrected chi connectivity index (χ0v) is 12.1. The van der Waals surface area contributed by atoms with Gasteiger partial charge in [-0.3, -0.25) is 4.90 Å². The second-order valence-corrected chi connectivity index (χ2v) is 7.42. The van der Waals surface area contributed by atoms with Crippen molar-refractivity contribution < 1.29 is 8.42 Å². The highest BCUT2D eigenvalue weighted by Gasteiger charge is 2.23. The highest BCUT2D eigenvalue weighted by Crippen LogP contribution is 2.09. The summed E-state index contributed by atoms with van der Waals surface area (Å²) in [5.74, 6) is 0.596. The van der Waals surface area contributed by atoms with Gasteiger partial charge in [-0.2, -0.15) is 0 Å². The first kappa shape index (κ1) is 14.9. The van der Waals surface area contributed by atoms with E-state index in [0.717, 1.165) is 32.5 Å². The van der Waals surface area contributed by atoms with E-state index in [9.17, 15) is 8.42 Å². The summed E-state index contributed by atoms with van der Waals surface area (Å²) in [4.78, 5) is 2.41. The van der Waals surface area contributed by atoms with Gasteiger partial charge in [0, 0.05) is 30.9 Å². The van der Waals surface area contributed by atoms with Crippen LogP contribution in [0.4, 0.5) is 0 Å². The molecule has 2 atom stereocenters. The van der Waals surface area contributed by atoms with Gasteiger partial charge in [-0.15, -0.1) is 0 Å². The third-order valence-corrected chi connectivity index (χ3v) is 5.40. The predicted molar refractivity (Wildman–Crippen MR) is 72.1 cm³/mol. The lowest BCUT2D eigenvalue weighted by atomic mass is 10.1. The molecule has 1 heterocycles. The van der Waals surface area contributed by atoms with E-state index in [2.05, 4.69) is 24.1 Å². The van der Waals surface area contributed by atoms with E-state index >= 15 is 0 Å². The summed E-state index contributed by atoms with van der Waals surface area (Å²) in [6, 6.07) is 1.08. The first-order chi connectivity index (χ1) is 7.98. The summed E-state index contributed by atoms with van der Waals surface area (Å²) in [6.45, 7) is 9.07. The summed E-state index contributed by atoms with van der Waals surface area (Å²) in [5, 5.41) is 3.51. The SMILES string of the molecule is CCC1CN(CCCS(=O)(=O)CC)C(C)CN1. The molecule has 102 valence electrons. The smallest absolute Gasteiger partial charge is 0.150 e. The van der Waals surface area contributed by atoms with E-state index in [-0.39, 0.29) is 5.75 Å². The summed E-state index contributed by atoms with van der Waals surface area (Å²) in [7, 11) is -2.80. The Labute approximate surface area is 106 Å². The van der Waals surface area contributed by atoms with Crippen LogP contribution in [0.1, 0.15) is 33.6 Å². The Morgan fingerprint density at radius 2 is 2.06 bits per heavy atom. The van der Waals surface area contributed by atoms with Crippen LogP contribution in [0.3, 0.4) is 0 Å². The average Bonchev–Trinajstić information content (AvgIpc) is 2.31. The number of sulfone groups is 1. The summed E-state index contributed by atoms with van der Waals surface area (Å²) >= 11 is 0. The molecule has 0 aromatic heterocycles. The van der Waals surface area contributed by atoms with Gasteiger partial charge in [0.25, 0.3) is 0 Å². The number of nitrogens with zero attached hydrogens (tertiary/aromatic N) is 1. The van der Waals surface area contributed by atoms with Gasteiger partial charge in [-0.25, -0.2) is 8.42 Å². The quantitative estimate of drug-likeness (QED) is 0.772. The number of hydrogen-bond donors (Lipinski definition) is 1. The van der Waals surface area contributed by atoms with Crippen molar-refractivity contribution in [3.05, 3.63) is 0 Å². The van der Waals surface area contributed by atoms with Crippen LogP contribution in [-0.2, 0) is 9.84 Å². The molecule has 0 saturated carbocycles. The highest BCUT2D eigenvalue weighted by atomic mass is 32.2. The minimum Gasteiger partial charge on any atom is -0.311 e. The topological polar surface area (TPSA) is 49.4 Å².